The van der Waals surface area contributed by atoms with E-state index in [4.69, 9.17) is 4.74 Å². The molecule has 1 saturated heterocycles. The van der Waals surface area contributed by atoms with Crippen molar-refractivity contribution in [2.75, 3.05) is 37.7 Å². The molecule has 0 N–H and O–H groups in total. The second-order valence-electron chi connectivity index (χ2n) is 7.90. The summed E-state index contributed by atoms with van der Waals surface area (Å²) in [5.74, 6) is 1.63. The van der Waals surface area contributed by atoms with Gasteiger partial charge in [0.25, 0.3) is 5.91 Å². The summed E-state index contributed by atoms with van der Waals surface area (Å²) >= 11 is 0. The summed E-state index contributed by atoms with van der Waals surface area (Å²) in [5, 5.41) is 9.87. The zero-order chi connectivity index (χ0) is 22.6. The summed E-state index contributed by atoms with van der Waals surface area (Å²) in [6.45, 7) is 5.26. The molecular formula is C26H25N5O2. The van der Waals surface area contributed by atoms with Crippen molar-refractivity contribution in [3.05, 3.63) is 78.5 Å². The van der Waals surface area contributed by atoms with Gasteiger partial charge in [-0.25, -0.2) is 4.98 Å². The van der Waals surface area contributed by atoms with Gasteiger partial charge in [-0.3, -0.25) is 4.79 Å². The summed E-state index contributed by atoms with van der Waals surface area (Å²) in [4.78, 5) is 21.5. The smallest absolute Gasteiger partial charge is 0.272 e. The van der Waals surface area contributed by atoms with Gasteiger partial charge in [-0.1, -0.05) is 24.3 Å². The number of amides is 1. The van der Waals surface area contributed by atoms with E-state index in [1.807, 2.05) is 84.6 Å². The van der Waals surface area contributed by atoms with Crippen LogP contribution in [0.4, 0.5) is 5.82 Å². The first-order valence-corrected chi connectivity index (χ1v) is 11.2. The molecule has 166 valence electrons. The SMILES string of the molecule is CCOc1ccc(-c2ccc(N3CCN(C(=O)c4ccc5ccccc5n4)CC3)nn2)cc1. The molecule has 1 aliphatic rings. The molecule has 0 saturated carbocycles. The van der Waals surface area contributed by atoms with Gasteiger partial charge in [0.05, 0.1) is 17.8 Å². The van der Waals surface area contributed by atoms with Crippen molar-refractivity contribution in [2.24, 2.45) is 0 Å². The number of aromatic nitrogens is 3. The molecule has 0 atom stereocenters. The maximum absolute atomic E-state index is 13.0. The number of hydrogen-bond acceptors (Lipinski definition) is 6. The molecule has 0 unspecified atom stereocenters. The summed E-state index contributed by atoms with van der Waals surface area (Å²) in [6, 6.07) is 23.4. The van der Waals surface area contributed by atoms with Crippen molar-refractivity contribution in [3.63, 3.8) is 0 Å². The van der Waals surface area contributed by atoms with Crippen molar-refractivity contribution < 1.29 is 9.53 Å². The lowest BCUT2D eigenvalue weighted by Crippen LogP contribution is -2.49. The molecule has 0 bridgehead atoms. The number of para-hydroxylation sites is 1. The van der Waals surface area contributed by atoms with Gasteiger partial charge >= 0.3 is 0 Å². The molecule has 0 radical (unpaired) electrons. The number of nitrogens with zero attached hydrogens (tertiary/aromatic N) is 5. The molecule has 2 aromatic heterocycles. The maximum atomic E-state index is 13.0. The van der Waals surface area contributed by atoms with E-state index in [0.29, 0.717) is 38.5 Å². The minimum atomic E-state index is -0.0302. The van der Waals surface area contributed by atoms with E-state index in [2.05, 4.69) is 20.1 Å². The van der Waals surface area contributed by atoms with Crippen LogP contribution in [0.15, 0.2) is 72.8 Å². The van der Waals surface area contributed by atoms with Crippen LogP contribution in [0.2, 0.25) is 0 Å². The van der Waals surface area contributed by atoms with Crippen LogP contribution in [-0.2, 0) is 0 Å². The van der Waals surface area contributed by atoms with Crippen molar-refractivity contribution in [3.8, 4) is 17.0 Å². The molecule has 1 amide bonds. The predicted octanol–water partition coefficient (Wildman–Crippen LogP) is 4.05. The van der Waals surface area contributed by atoms with E-state index in [1.165, 1.54) is 0 Å². The van der Waals surface area contributed by atoms with Gasteiger partial charge in [-0.2, -0.15) is 0 Å². The topological polar surface area (TPSA) is 71.5 Å². The quantitative estimate of drug-likeness (QED) is 0.467. The number of fused-ring (bicyclic) bond motifs is 1. The van der Waals surface area contributed by atoms with Crippen molar-refractivity contribution >= 4 is 22.6 Å². The van der Waals surface area contributed by atoms with Crippen LogP contribution in [0, 0.1) is 0 Å². The van der Waals surface area contributed by atoms with E-state index in [0.717, 1.165) is 33.7 Å². The fraction of sp³-hybridized carbons (Fsp3) is 0.231. The lowest BCUT2D eigenvalue weighted by molar-refractivity contribution is 0.0741. The Labute approximate surface area is 192 Å². The van der Waals surface area contributed by atoms with Gasteiger partial charge in [-0.15, -0.1) is 10.2 Å². The number of carbonyl (C=O) groups is 1. The molecule has 5 rings (SSSR count). The fourth-order valence-corrected chi connectivity index (χ4v) is 4.02. The minimum Gasteiger partial charge on any atom is -0.494 e. The summed E-state index contributed by atoms with van der Waals surface area (Å²) in [7, 11) is 0. The van der Waals surface area contributed by atoms with Crippen LogP contribution in [0.5, 0.6) is 5.75 Å². The normalized spacial score (nSPS) is 13.8. The Bertz CT molecular complexity index is 1250. The number of pyridine rings is 1. The molecule has 0 aliphatic carbocycles. The highest BCUT2D eigenvalue weighted by Crippen LogP contribution is 2.22. The molecule has 7 nitrogen and oxygen atoms in total. The number of rotatable bonds is 5. The first kappa shape index (κ1) is 20.9. The highest BCUT2D eigenvalue weighted by Gasteiger charge is 2.24. The van der Waals surface area contributed by atoms with Gasteiger partial charge in [0, 0.05) is 37.1 Å². The second kappa shape index (κ2) is 9.24. The number of benzene rings is 2. The van der Waals surface area contributed by atoms with E-state index in [9.17, 15) is 4.79 Å². The van der Waals surface area contributed by atoms with Crippen molar-refractivity contribution in [2.45, 2.75) is 6.92 Å². The lowest BCUT2D eigenvalue weighted by atomic mass is 10.1. The van der Waals surface area contributed by atoms with Gasteiger partial charge in [0.2, 0.25) is 0 Å². The Kier molecular flexibility index (Phi) is 5.85. The molecule has 4 aromatic rings. The van der Waals surface area contributed by atoms with E-state index >= 15 is 0 Å². The standard InChI is InChI=1S/C26H25N5O2/c1-2-33-21-10-7-20(8-11-21)23-13-14-25(29-28-23)30-15-17-31(18-16-30)26(32)24-12-9-19-5-3-4-6-22(19)27-24/h3-14H,2,15-18H2,1H3. The highest BCUT2D eigenvalue weighted by molar-refractivity contribution is 5.95. The average molecular weight is 440 g/mol. The Balaban J connectivity index is 1.21. The van der Waals surface area contributed by atoms with Gasteiger partial charge in [0.15, 0.2) is 5.82 Å². The number of carbonyl (C=O) groups excluding carboxylic acids is 1. The second-order valence-corrected chi connectivity index (χ2v) is 7.90. The third-order valence-corrected chi connectivity index (χ3v) is 5.82. The van der Waals surface area contributed by atoms with Crippen LogP contribution in [0.25, 0.3) is 22.2 Å². The predicted molar refractivity (Wildman–Crippen MR) is 128 cm³/mol. The Morgan fingerprint density at radius 2 is 1.67 bits per heavy atom. The summed E-state index contributed by atoms with van der Waals surface area (Å²) in [6.07, 6.45) is 0. The molecule has 2 aromatic carbocycles. The molecular weight excluding hydrogens is 414 g/mol. The molecule has 0 spiro atoms. The van der Waals surface area contributed by atoms with E-state index < -0.39 is 0 Å². The van der Waals surface area contributed by atoms with Crippen LogP contribution in [0.3, 0.4) is 0 Å². The zero-order valence-corrected chi connectivity index (χ0v) is 18.5. The van der Waals surface area contributed by atoms with Crippen molar-refractivity contribution in [1.82, 2.24) is 20.1 Å². The zero-order valence-electron chi connectivity index (χ0n) is 18.5. The molecule has 33 heavy (non-hydrogen) atoms. The third kappa shape index (κ3) is 4.48. The number of ether oxygens (including phenoxy) is 1. The minimum absolute atomic E-state index is 0.0302. The fourth-order valence-electron chi connectivity index (χ4n) is 4.02. The Hall–Kier alpha value is -4.00. The van der Waals surface area contributed by atoms with Gasteiger partial charge in [-0.05, 0) is 55.5 Å². The van der Waals surface area contributed by atoms with Crippen LogP contribution in [-0.4, -0.2) is 58.8 Å². The Morgan fingerprint density at radius 1 is 0.879 bits per heavy atom. The van der Waals surface area contributed by atoms with Crippen LogP contribution < -0.4 is 9.64 Å². The Morgan fingerprint density at radius 3 is 2.39 bits per heavy atom. The van der Waals surface area contributed by atoms with Crippen LogP contribution >= 0.6 is 0 Å². The number of anilines is 1. The molecule has 3 heterocycles. The molecule has 1 fully saturated rings. The lowest BCUT2D eigenvalue weighted by Gasteiger charge is -2.35. The largest absolute Gasteiger partial charge is 0.494 e. The van der Waals surface area contributed by atoms with Gasteiger partial charge < -0.3 is 14.5 Å². The van der Waals surface area contributed by atoms with Gasteiger partial charge in [0.1, 0.15) is 11.4 Å². The number of piperazine rings is 1. The van der Waals surface area contributed by atoms with E-state index in [1.54, 1.807) is 0 Å². The highest BCUT2D eigenvalue weighted by atomic mass is 16.5. The number of hydrogen-bond donors (Lipinski definition) is 0. The first-order valence-electron chi connectivity index (χ1n) is 11.2. The first-order chi connectivity index (χ1) is 16.2. The monoisotopic (exact) mass is 439 g/mol. The maximum Gasteiger partial charge on any atom is 0.272 e. The molecule has 7 heteroatoms. The third-order valence-electron chi connectivity index (χ3n) is 5.82. The van der Waals surface area contributed by atoms with E-state index in [-0.39, 0.29) is 5.91 Å². The molecule has 1 aliphatic heterocycles. The summed E-state index contributed by atoms with van der Waals surface area (Å²) < 4.78 is 5.49. The van der Waals surface area contributed by atoms with Crippen LogP contribution in [0.1, 0.15) is 17.4 Å². The average Bonchev–Trinajstić information content (AvgIpc) is 2.89. The van der Waals surface area contributed by atoms with Crippen molar-refractivity contribution in [1.29, 1.82) is 0 Å². The summed E-state index contributed by atoms with van der Waals surface area (Å²) in [5.41, 5.74) is 3.14.